The summed E-state index contributed by atoms with van der Waals surface area (Å²) in [5.74, 6) is 0.0196. The van der Waals surface area contributed by atoms with Gasteiger partial charge in [0.15, 0.2) is 0 Å². The summed E-state index contributed by atoms with van der Waals surface area (Å²) in [5, 5.41) is 3.04. The van der Waals surface area contributed by atoms with Crippen molar-refractivity contribution >= 4 is 34.5 Å². The number of nitrogens with one attached hydrogen (secondary N) is 1. The molecule has 0 fully saturated rings. The van der Waals surface area contributed by atoms with Crippen LogP contribution < -0.4 is 11.1 Å². The molecule has 1 aliphatic carbocycles. The Labute approximate surface area is 129 Å². The van der Waals surface area contributed by atoms with Crippen molar-refractivity contribution < 1.29 is 4.79 Å². The van der Waals surface area contributed by atoms with Crippen LogP contribution in [0.1, 0.15) is 59.1 Å². The first kappa shape index (κ1) is 15.4. The van der Waals surface area contributed by atoms with Crippen molar-refractivity contribution in [3.8, 4) is 0 Å². The predicted molar refractivity (Wildman–Crippen MR) is 88.5 cm³/mol. The van der Waals surface area contributed by atoms with E-state index in [9.17, 15) is 4.79 Å². The molecule has 3 N–H and O–H groups in total. The van der Waals surface area contributed by atoms with Crippen molar-refractivity contribution in [1.29, 1.82) is 0 Å². The zero-order valence-electron chi connectivity index (χ0n) is 11.9. The Bertz CT molecular complexity index is 473. The molecule has 0 spiro atoms. The van der Waals surface area contributed by atoms with E-state index in [-0.39, 0.29) is 11.9 Å². The molecule has 0 radical (unpaired) electrons. The Kier molecular flexibility index (Phi) is 5.54. The lowest BCUT2D eigenvalue weighted by Crippen LogP contribution is -2.36. The minimum Gasteiger partial charge on any atom is -0.393 e. The fraction of sp³-hybridized carbons (Fsp3) is 0.600. The van der Waals surface area contributed by atoms with Gasteiger partial charge in [-0.15, -0.1) is 11.3 Å². The first-order chi connectivity index (χ1) is 9.60. The fourth-order valence-corrected chi connectivity index (χ4v) is 3.93. The van der Waals surface area contributed by atoms with Crippen molar-refractivity contribution in [2.45, 2.75) is 57.9 Å². The predicted octanol–water partition coefficient (Wildman–Crippen LogP) is 3.20. The van der Waals surface area contributed by atoms with Gasteiger partial charge in [-0.1, -0.05) is 25.6 Å². The topological polar surface area (TPSA) is 55.1 Å². The van der Waals surface area contributed by atoms with E-state index < -0.39 is 0 Å². The molecular weight excluding hydrogens is 288 g/mol. The van der Waals surface area contributed by atoms with Gasteiger partial charge in [-0.3, -0.25) is 4.79 Å². The molecule has 1 aromatic rings. The highest BCUT2D eigenvalue weighted by atomic mass is 32.1. The van der Waals surface area contributed by atoms with Gasteiger partial charge in [0.05, 0.1) is 9.87 Å². The van der Waals surface area contributed by atoms with Gasteiger partial charge in [0.25, 0.3) is 5.91 Å². The lowest BCUT2D eigenvalue weighted by Gasteiger charge is -2.15. The number of amides is 1. The number of carbonyl (C=O) groups is 1. The van der Waals surface area contributed by atoms with E-state index in [4.69, 9.17) is 18.0 Å². The van der Waals surface area contributed by atoms with Crippen molar-refractivity contribution in [2.24, 2.45) is 5.73 Å². The van der Waals surface area contributed by atoms with Crippen LogP contribution in [0.15, 0.2) is 6.07 Å². The molecule has 0 saturated carbocycles. The molecule has 1 unspecified atom stereocenters. The molecule has 3 nitrogen and oxygen atoms in total. The van der Waals surface area contributed by atoms with Gasteiger partial charge >= 0.3 is 0 Å². The summed E-state index contributed by atoms with van der Waals surface area (Å²) in [6, 6.07) is 2.12. The molecule has 1 aliphatic rings. The Morgan fingerprint density at radius 3 is 2.90 bits per heavy atom. The summed E-state index contributed by atoms with van der Waals surface area (Å²) in [6.07, 6.45) is 7.43. The second-order valence-corrected chi connectivity index (χ2v) is 7.03. The SMILES string of the molecule is CCC(CC(N)=S)NC(=O)c1cc2c(s1)CCCCC2. The van der Waals surface area contributed by atoms with Gasteiger partial charge in [-0.25, -0.2) is 0 Å². The monoisotopic (exact) mass is 310 g/mol. The Hall–Kier alpha value is -0.940. The van der Waals surface area contributed by atoms with E-state index >= 15 is 0 Å². The Morgan fingerprint density at radius 2 is 2.20 bits per heavy atom. The largest absolute Gasteiger partial charge is 0.393 e. The zero-order chi connectivity index (χ0) is 14.5. The average Bonchev–Trinajstić information content (AvgIpc) is 2.69. The number of fused-ring (bicyclic) bond motifs is 1. The van der Waals surface area contributed by atoms with Crippen LogP contribution in [0.25, 0.3) is 0 Å². The highest BCUT2D eigenvalue weighted by Crippen LogP contribution is 2.29. The van der Waals surface area contributed by atoms with Gasteiger partial charge in [-0.2, -0.15) is 0 Å². The summed E-state index contributed by atoms with van der Waals surface area (Å²) in [7, 11) is 0. The number of aryl methyl sites for hydroxylation is 2. The van der Waals surface area contributed by atoms with Gasteiger partial charge in [0.1, 0.15) is 0 Å². The van der Waals surface area contributed by atoms with Crippen LogP contribution in [0.3, 0.4) is 0 Å². The van der Waals surface area contributed by atoms with E-state index in [0.29, 0.717) is 11.4 Å². The molecule has 20 heavy (non-hydrogen) atoms. The quantitative estimate of drug-likeness (QED) is 0.648. The third kappa shape index (κ3) is 4.03. The molecule has 1 atom stereocenters. The Balaban J connectivity index is 2.03. The second kappa shape index (κ2) is 7.18. The molecule has 1 heterocycles. The molecule has 110 valence electrons. The maximum absolute atomic E-state index is 12.3. The van der Waals surface area contributed by atoms with E-state index in [1.807, 2.05) is 6.92 Å². The van der Waals surface area contributed by atoms with Gasteiger partial charge < -0.3 is 11.1 Å². The van der Waals surface area contributed by atoms with Crippen LogP contribution in [0.4, 0.5) is 0 Å². The normalized spacial score (nSPS) is 16.1. The molecule has 1 amide bonds. The van der Waals surface area contributed by atoms with Gasteiger partial charge in [0, 0.05) is 17.3 Å². The lowest BCUT2D eigenvalue weighted by atomic mass is 10.1. The lowest BCUT2D eigenvalue weighted by molar-refractivity contribution is 0.0941. The molecule has 0 aromatic carbocycles. The first-order valence-electron chi connectivity index (χ1n) is 7.31. The summed E-state index contributed by atoms with van der Waals surface area (Å²) in [4.78, 5) is 15.0. The number of hydrogen-bond acceptors (Lipinski definition) is 3. The van der Waals surface area contributed by atoms with Crippen molar-refractivity contribution in [3.63, 3.8) is 0 Å². The summed E-state index contributed by atoms with van der Waals surface area (Å²) in [6.45, 7) is 2.03. The molecular formula is C15H22N2OS2. The van der Waals surface area contributed by atoms with E-state index in [2.05, 4.69) is 11.4 Å². The number of hydrogen-bond donors (Lipinski definition) is 2. The number of carbonyl (C=O) groups excluding carboxylic acids is 1. The van der Waals surface area contributed by atoms with Gasteiger partial charge in [-0.05, 0) is 43.7 Å². The van der Waals surface area contributed by atoms with Crippen LogP contribution in [-0.4, -0.2) is 16.9 Å². The summed E-state index contributed by atoms with van der Waals surface area (Å²) in [5.41, 5.74) is 6.94. The Morgan fingerprint density at radius 1 is 1.45 bits per heavy atom. The average molecular weight is 310 g/mol. The fourth-order valence-electron chi connectivity index (χ4n) is 2.58. The third-order valence-corrected chi connectivity index (χ3v) is 5.15. The molecule has 0 saturated heterocycles. The van der Waals surface area contributed by atoms with E-state index in [1.54, 1.807) is 11.3 Å². The van der Waals surface area contributed by atoms with Gasteiger partial charge in [0.2, 0.25) is 0 Å². The highest BCUT2D eigenvalue weighted by molar-refractivity contribution is 7.80. The van der Waals surface area contributed by atoms with Crippen LogP contribution >= 0.6 is 23.6 Å². The molecule has 5 heteroatoms. The molecule has 0 aliphatic heterocycles. The van der Waals surface area contributed by atoms with Crippen molar-refractivity contribution in [1.82, 2.24) is 5.32 Å². The van der Waals surface area contributed by atoms with E-state index in [1.165, 1.54) is 29.7 Å². The molecule has 2 rings (SSSR count). The van der Waals surface area contributed by atoms with Crippen LogP contribution in [-0.2, 0) is 12.8 Å². The van der Waals surface area contributed by atoms with Crippen LogP contribution in [0.5, 0.6) is 0 Å². The van der Waals surface area contributed by atoms with Crippen LogP contribution in [0, 0.1) is 0 Å². The first-order valence-corrected chi connectivity index (χ1v) is 8.53. The van der Waals surface area contributed by atoms with E-state index in [0.717, 1.165) is 24.1 Å². The minimum atomic E-state index is 0.0196. The second-order valence-electron chi connectivity index (χ2n) is 5.37. The molecule has 1 aromatic heterocycles. The maximum atomic E-state index is 12.3. The maximum Gasteiger partial charge on any atom is 0.261 e. The van der Waals surface area contributed by atoms with Crippen molar-refractivity contribution in [3.05, 3.63) is 21.4 Å². The minimum absolute atomic E-state index is 0.0196. The van der Waals surface area contributed by atoms with Crippen molar-refractivity contribution in [2.75, 3.05) is 0 Å². The zero-order valence-corrected chi connectivity index (χ0v) is 13.5. The summed E-state index contributed by atoms with van der Waals surface area (Å²) < 4.78 is 0. The summed E-state index contributed by atoms with van der Waals surface area (Å²) >= 11 is 6.57. The number of nitrogens with two attached hydrogens (primary N) is 1. The molecule has 0 bridgehead atoms. The van der Waals surface area contributed by atoms with Crippen LogP contribution in [0.2, 0.25) is 0 Å². The number of thiophene rings is 1. The number of rotatable bonds is 5. The standard InChI is InChI=1S/C15H22N2OS2/c1-2-11(9-14(16)19)17-15(18)13-8-10-6-4-3-5-7-12(10)20-13/h8,11H,2-7,9H2,1H3,(H2,16,19)(H,17,18). The number of thiocarbonyl (C=S) groups is 1. The highest BCUT2D eigenvalue weighted by Gasteiger charge is 2.18. The smallest absolute Gasteiger partial charge is 0.261 e. The third-order valence-electron chi connectivity index (χ3n) is 3.75.